The Bertz CT molecular complexity index is 627. The van der Waals surface area contributed by atoms with E-state index in [1.54, 1.807) is 0 Å². The Balaban J connectivity index is 1.36. The van der Waals surface area contributed by atoms with Gasteiger partial charge in [-0.15, -0.1) is 0 Å². The number of hydrogen-bond acceptors (Lipinski definition) is 4. The molecule has 1 saturated carbocycles. The number of esters is 1. The van der Waals surface area contributed by atoms with Gasteiger partial charge in [0.2, 0.25) is 0 Å². The summed E-state index contributed by atoms with van der Waals surface area (Å²) >= 11 is 0. The van der Waals surface area contributed by atoms with Crippen LogP contribution in [-0.4, -0.2) is 18.4 Å². The molecule has 5 atom stereocenters. The van der Waals surface area contributed by atoms with E-state index in [9.17, 15) is 9.59 Å². The summed E-state index contributed by atoms with van der Waals surface area (Å²) < 4.78 is 10.6. The number of nitrogens with one attached hydrogen (secondary N) is 1. The maximum absolute atomic E-state index is 11.9. The molecule has 5 heteroatoms. The Hall–Kier alpha value is -2.30. The maximum atomic E-state index is 11.9. The van der Waals surface area contributed by atoms with E-state index in [0.29, 0.717) is 6.54 Å². The molecule has 2 bridgehead atoms. The van der Waals surface area contributed by atoms with E-state index in [0.717, 1.165) is 12.0 Å². The number of benzene rings is 1. The van der Waals surface area contributed by atoms with Gasteiger partial charge in [0.05, 0.1) is 11.8 Å². The average Bonchev–Trinajstić information content (AvgIpc) is 3.21. The topological polar surface area (TPSA) is 64.6 Å². The highest BCUT2D eigenvalue weighted by Crippen LogP contribution is 2.53. The molecule has 4 rings (SSSR count). The Morgan fingerprint density at radius 3 is 2.82 bits per heavy atom. The third-order valence-electron chi connectivity index (χ3n) is 4.84. The number of carbonyl (C=O) groups excluding carboxylic acids is 2. The van der Waals surface area contributed by atoms with Crippen LogP contribution in [0.25, 0.3) is 0 Å². The minimum Gasteiger partial charge on any atom is -0.424 e. The predicted octanol–water partition coefficient (Wildman–Crippen LogP) is 2.23. The first-order valence-corrected chi connectivity index (χ1v) is 7.59. The number of amides is 1. The molecule has 5 nitrogen and oxygen atoms in total. The van der Waals surface area contributed by atoms with Crippen LogP contribution >= 0.6 is 0 Å². The molecule has 2 fully saturated rings. The molecule has 0 aromatic heterocycles. The summed E-state index contributed by atoms with van der Waals surface area (Å²) in [6.45, 7) is 0.389. The Morgan fingerprint density at radius 1 is 1.23 bits per heavy atom. The summed E-state index contributed by atoms with van der Waals surface area (Å²) in [4.78, 5) is 23.9. The van der Waals surface area contributed by atoms with Gasteiger partial charge in [0.25, 0.3) is 6.29 Å². The Labute approximate surface area is 128 Å². The molecule has 1 amide bonds. The minimum atomic E-state index is -0.756. The summed E-state index contributed by atoms with van der Waals surface area (Å²) in [5.41, 5.74) is 0.989. The summed E-state index contributed by atoms with van der Waals surface area (Å²) in [7, 11) is 0. The van der Waals surface area contributed by atoms with Gasteiger partial charge in [-0.2, -0.15) is 0 Å². The average molecular weight is 299 g/mol. The first-order chi connectivity index (χ1) is 10.7. The van der Waals surface area contributed by atoms with Crippen molar-refractivity contribution in [3.05, 3.63) is 48.0 Å². The van der Waals surface area contributed by atoms with Gasteiger partial charge in [-0.3, -0.25) is 4.79 Å². The highest BCUT2D eigenvalue weighted by molar-refractivity contribution is 5.77. The largest absolute Gasteiger partial charge is 0.424 e. The molecule has 1 aromatic carbocycles. The Kier molecular flexibility index (Phi) is 3.13. The van der Waals surface area contributed by atoms with Crippen LogP contribution in [0.2, 0.25) is 0 Å². The molecule has 5 unspecified atom stereocenters. The number of ether oxygens (including phenoxy) is 2. The van der Waals surface area contributed by atoms with Gasteiger partial charge in [-0.25, -0.2) is 4.79 Å². The molecule has 3 aliphatic rings. The zero-order valence-electron chi connectivity index (χ0n) is 12.0. The van der Waals surface area contributed by atoms with Gasteiger partial charge < -0.3 is 14.8 Å². The molecular formula is C17H17NO4. The summed E-state index contributed by atoms with van der Waals surface area (Å²) in [5, 5.41) is 2.69. The first-order valence-electron chi connectivity index (χ1n) is 7.59. The monoisotopic (exact) mass is 299 g/mol. The quantitative estimate of drug-likeness (QED) is 0.686. The van der Waals surface area contributed by atoms with Crippen LogP contribution in [0.3, 0.4) is 0 Å². The Morgan fingerprint density at radius 2 is 2.00 bits per heavy atom. The number of fused-ring (bicyclic) bond motifs is 5. The second kappa shape index (κ2) is 5.16. The van der Waals surface area contributed by atoms with Crippen molar-refractivity contribution in [3.8, 4) is 0 Å². The molecule has 0 spiro atoms. The van der Waals surface area contributed by atoms with E-state index in [-0.39, 0.29) is 29.6 Å². The van der Waals surface area contributed by atoms with Gasteiger partial charge in [0.1, 0.15) is 0 Å². The van der Waals surface area contributed by atoms with Crippen molar-refractivity contribution in [2.24, 2.45) is 23.7 Å². The van der Waals surface area contributed by atoms with Crippen molar-refractivity contribution >= 4 is 12.1 Å². The van der Waals surface area contributed by atoms with E-state index < -0.39 is 12.4 Å². The number of cyclic esters (lactones) is 1. The maximum Gasteiger partial charge on any atom is 0.410 e. The van der Waals surface area contributed by atoms with Gasteiger partial charge in [-0.1, -0.05) is 42.5 Å². The number of hydrogen-bond donors (Lipinski definition) is 1. The van der Waals surface area contributed by atoms with E-state index in [4.69, 9.17) is 9.47 Å². The first kappa shape index (κ1) is 13.4. The zero-order chi connectivity index (χ0) is 15.1. The van der Waals surface area contributed by atoms with Crippen molar-refractivity contribution < 1.29 is 19.1 Å². The standard InChI is InChI=1S/C17H17NO4/c19-15-13-11-6-7-12(8-11)14(13)16(21-15)22-17(20)18-9-10-4-2-1-3-5-10/h1-7,11-14,16H,8-9H2,(H,18,20). The second-order valence-corrected chi connectivity index (χ2v) is 6.10. The molecule has 1 aromatic rings. The van der Waals surface area contributed by atoms with Crippen LogP contribution in [0, 0.1) is 23.7 Å². The fraction of sp³-hybridized carbons (Fsp3) is 0.412. The number of allylic oxidation sites excluding steroid dienone is 2. The molecule has 1 saturated heterocycles. The number of carbonyl (C=O) groups is 2. The molecule has 22 heavy (non-hydrogen) atoms. The van der Waals surface area contributed by atoms with Gasteiger partial charge in [0.15, 0.2) is 0 Å². The van der Waals surface area contributed by atoms with E-state index >= 15 is 0 Å². The van der Waals surface area contributed by atoms with Gasteiger partial charge in [-0.05, 0) is 23.8 Å². The normalized spacial score (nSPS) is 34.4. The lowest BCUT2D eigenvalue weighted by Gasteiger charge is -2.21. The SMILES string of the molecule is O=C(NCc1ccccc1)OC1OC(=O)C2C3C=CC(C3)C12. The van der Waals surface area contributed by atoms with E-state index in [1.165, 1.54) is 0 Å². The van der Waals surface area contributed by atoms with Gasteiger partial charge >= 0.3 is 12.1 Å². The molecule has 2 aliphatic carbocycles. The van der Waals surface area contributed by atoms with Crippen LogP contribution < -0.4 is 5.32 Å². The van der Waals surface area contributed by atoms with Crippen molar-refractivity contribution in [3.63, 3.8) is 0 Å². The van der Waals surface area contributed by atoms with Crippen LogP contribution in [0.4, 0.5) is 4.79 Å². The van der Waals surface area contributed by atoms with Crippen molar-refractivity contribution in [1.82, 2.24) is 5.32 Å². The molecule has 114 valence electrons. The lowest BCUT2D eigenvalue weighted by Crippen LogP contribution is -2.33. The molecule has 1 aliphatic heterocycles. The van der Waals surface area contributed by atoms with Gasteiger partial charge in [0, 0.05) is 6.54 Å². The highest BCUT2D eigenvalue weighted by Gasteiger charge is 2.59. The van der Waals surface area contributed by atoms with E-state index in [2.05, 4.69) is 17.5 Å². The third-order valence-corrected chi connectivity index (χ3v) is 4.84. The minimum absolute atomic E-state index is 0.0232. The molecule has 1 heterocycles. The van der Waals surface area contributed by atoms with Crippen LogP contribution in [0.5, 0.6) is 0 Å². The lowest BCUT2D eigenvalue weighted by molar-refractivity contribution is -0.158. The smallest absolute Gasteiger partial charge is 0.410 e. The third kappa shape index (κ3) is 2.17. The number of alkyl carbamates (subject to hydrolysis) is 1. The van der Waals surface area contributed by atoms with Crippen molar-refractivity contribution in [2.45, 2.75) is 19.3 Å². The fourth-order valence-corrected chi connectivity index (χ4v) is 3.85. The highest BCUT2D eigenvalue weighted by atomic mass is 16.7. The molecule has 1 N–H and O–H groups in total. The number of rotatable bonds is 3. The second-order valence-electron chi connectivity index (χ2n) is 6.10. The predicted molar refractivity (Wildman–Crippen MR) is 77.4 cm³/mol. The zero-order valence-corrected chi connectivity index (χ0v) is 12.0. The molecule has 0 radical (unpaired) electrons. The van der Waals surface area contributed by atoms with E-state index in [1.807, 2.05) is 30.3 Å². The summed E-state index contributed by atoms with van der Waals surface area (Å²) in [5.74, 6) is 0.145. The van der Waals surface area contributed by atoms with Crippen LogP contribution in [-0.2, 0) is 20.8 Å². The van der Waals surface area contributed by atoms with Crippen LogP contribution in [0.15, 0.2) is 42.5 Å². The van der Waals surface area contributed by atoms with Crippen molar-refractivity contribution in [1.29, 1.82) is 0 Å². The van der Waals surface area contributed by atoms with Crippen molar-refractivity contribution in [2.75, 3.05) is 0 Å². The van der Waals surface area contributed by atoms with Crippen LogP contribution in [0.1, 0.15) is 12.0 Å². The summed E-state index contributed by atoms with van der Waals surface area (Å²) in [6, 6.07) is 9.59. The fourth-order valence-electron chi connectivity index (χ4n) is 3.85. The lowest BCUT2D eigenvalue weighted by atomic mass is 9.85. The summed E-state index contributed by atoms with van der Waals surface area (Å²) in [6.07, 6.45) is 3.87. The molecular weight excluding hydrogens is 282 g/mol.